The molecular formula is C20H14ClF2N5O3. The summed E-state index contributed by atoms with van der Waals surface area (Å²) in [7, 11) is 1.43. The number of rotatable bonds is 3. The molecule has 0 saturated carbocycles. The fraction of sp³-hybridized carbons (Fsp3) is 0.150. The Labute approximate surface area is 179 Å². The van der Waals surface area contributed by atoms with Crippen molar-refractivity contribution in [3.8, 4) is 17.0 Å². The van der Waals surface area contributed by atoms with E-state index in [1.54, 1.807) is 6.07 Å². The highest BCUT2D eigenvalue weighted by Crippen LogP contribution is 2.29. The first kappa shape index (κ1) is 20.6. The van der Waals surface area contributed by atoms with E-state index < -0.39 is 29.5 Å². The second kappa shape index (κ2) is 8.23. The maximum atomic E-state index is 13.6. The Morgan fingerprint density at radius 1 is 1.23 bits per heavy atom. The number of hydrogen-bond donors (Lipinski definition) is 1. The smallest absolute Gasteiger partial charge is 0.289 e. The highest BCUT2D eigenvalue weighted by atomic mass is 35.5. The van der Waals surface area contributed by atoms with Gasteiger partial charge in [0, 0.05) is 18.7 Å². The van der Waals surface area contributed by atoms with E-state index in [1.165, 1.54) is 31.4 Å². The third kappa shape index (κ3) is 4.15. The van der Waals surface area contributed by atoms with Crippen LogP contribution in [-0.4, -0.2) is 46.5 Å². The number of nitrogens with zero attached hydrogens (tertiary/aromatic N) is 4. The molecule has 0 aliphatic carbocycles. The van der Waals surface area contributed by atoms with Gasteiger partial charge in [0.2, 0.25) is 5.82 Å². The van der Waals surface area contributed by atoms with E-state index in [0.717, 1.165) is 17.2 Å². The van der Waals surface area contributed by atoms with Crippen molar-refractivity contribution in [3.63, 3.8) is 0 Å². The summed E-state index contributed by atoms with van der Waals surface area (Å²) in [5.41, 5.74) is 0.521. The second-order valence-electron chi connectivity index (χ2n) is 6.61. The Hall–Kier alpha value is -3.66. The number of anilines is 1. The van der Waals surface area contributed by atoms with Crippen molar-refractivity contribution < 1.29 is 23.1 Å². The number of carbonyl (C=O) groups is 2. The predicted molar refractivity (Wildman–Crippen MR) is 107 cm³/mol. The van der Waals surface area contributed by atoms with Gasteiger partial charge in [-0.2, -0.15) is 0 Å². The molecule has 1 atom stereocenters. The normalized spacial score (nSPS) is 15.7. The molecule has 0 saturated heterocycles. The van der Waals surface area contributed by atoms with E-state index in [2.05, 4.69) is 20.3 Å². The average Bonchev–Trinajstić information content (AvgIpc) is 2.86. The highest BCUT2D eigenvalue weighted by Gasteiger charge is 2.32. The van der Waals surface area contributed by atoms with Gasteiger partial charge in [0.15, 0.2) is 11.6 Å². The van der Waals surface area contributed by atoms with E-state index >= 15 is 0 Å². The number of amides is 2. The van der Waals surface area contributed by atoms with Crippen LogP contribution in [0.15, 0.2) is 42.7 Å². The molecule has 0 bridgehead atoms. The lowest BCUT2D eigenvalue weighted by Gasteiger charge is -2.19. The summed E-state index contributed by atoms with van der Waals surface area (Å²) in [6, 6.07) is 5.54. The molecule has 158 valence electrons. The molecule has 1 unspecified atom stereocenters. The van der Waals surface area contributed by atoms with Crippen molar-refractivity contribution in [2.24, 2.45) is 0 Å². The minimum absolute atomic E-state index is 0.0729. The molecule has 2 amide bonds. The first-order chi connectivity index (χ1) is 14.8. The molecule has 31 heavy (non-hydrogen) atoms. The molecule has 3 heterocycles. The Balaban J connectivity index is 1.57. The zero-order valence-electron chi connectivity index (χ0n) is 16.0. The van der Waals surface area contributed by atoms with Gasteiger partial charge in [-0.25, -0.2) is 23.7 Å². The second-order valence-corrected chi connectivity index (χ2v) is 7.02. The molecule has 1 N–H and O–H groups in total. The lowest BCUT2D eigenvalue weighted by atomic mass is 10.1. The highest BCUT2D eigenvalue weighted by molar-refractivity contribution is 6.32. The van der Waals surface area contributed by atoms with Gasteiger partial charge in [-0.3, -0.25) is 14.5 Å². The van der Waals surface area contributed by atoms with Crippen LogP contribution in [0, 0.1) is 11.6 Å². The molecule has 11 heteroatoms. The van der Waals surface area contributed by atoms with Crippen molar-refractivity contribution in [2.75, 3.05) is 18.6 Å². The third-order valence-corrected chi connectivity index (χ3v) is 4.78. The number of aromatic nitrogens is 3. The Kier molecular flexibility index (Phi) is 5.47. The van der Waals surface area contributed by atoms with Crippen LogP contribution in [0.3, 0.4) is 0 Å². The fourth-order valence-corrected chi connectivity index (χ4v) is 3.20. The number of ether oxygens (including phenoxy) is 1. The van der Waals surface area contributed by atoms with Crippen molar-refractivity contribution in [1.82, 2.24) is 20.3 Å². The Morgan fingerprint density at radius 3 is 2.81 bits per heavy atom. The van der Waals surface area contributed by atoms with Gasteiger partial charge in [0.25, 0.3) is 11.8 Å². The van der Waals surface area contributed by atoms with Gasteiger partial charge in [-0.1, -0.05) is 23.7 Å². The molecular weight excluding hydrogens is 432 g/mol. The zero-order valence-corrected chi connectivity index (χ0v) is 16.7. The quantitative estimate of drug-likeness (QED) is 0.665. The van der Waals surface area contributed by atoms with Crippen LogP contribution < -0.4 is 15.0 Å². The number of pyridine rings is 1. The summed E-state index contributed by atoms with van der Waals surface area (Å²) < 4.78 is 32.5. The van der Waals surface area contributed by atoms with E-state index in [0.29, 0.717) is 5.56 Å². The van der Waals surface area contributed by atoms with E-state index in [1.807, 2.05) is 0 Å². The number of hydrogen-bond acceptors (Lipinski definition) is 6. The first-order valence-corrected chi connectivity index (χ1v) is 9.36. The Morgan fingerprint density at radius 2 is 2.03 bits per heavy atom. The largest absolute Gasteiger partial charge is 0.487 e. The molecule has 1 aromatic carbocycles. The number of carbonyl (C=O) groups excluding carboxylic acids is 2. The third-order valence-electron chi connectivity index (χ3n) is 4.50. The van der Waals surface area contributed by atoms with Gasteiger partial charge in [0.05, 0.1) is 23.1 Å². The SMILES string of the molecule is CN1C(=O)C(NC(=O)c2ncc(Cl)c(-c3cccc(F)c3)n2)COc2cc(F)cnc21. The van der Waals surface area contributed by atoms with Crippen molar-refractivity contribution >= 4 is 29.2 Å². The van der Waals surface area contributed by atoms with Crippen molar-refractivity contribution in [1.29, 1.82) is 0 Å². The maximum absolute atomic E-state index is 13.6. The lowest BCUT2D eigenvalue weighted by molar-refractivity contribution is -0.120. The minimum atomic E-state index is -1.10. The van der Waals surface area contributed by atoms with Crippen LogP contribution in [0.1, 0.15) is 10.6 Å². The van der Waals surface area contributed by atoms with E-state index in [4.69, 9.17) is 16.3 Å². The van der Waals surface area contributed by atoms with Gasteiger partial charge in [-0.15, -0.1) is 0 Å². The van der Waals surface area contributed by atoms with Gasteiger partial charge in [-0.05, 0) is 12.1 Å². The van der Waals surface area contributed by atoms with Crippen LogP contribution >= 0.6 is 11.6 Å². The molecule has 0 spiro atoms. The average molecular weight is 446 g/mol. The predicted octanol–water partition coefficient (Wildman–Crippen LogP) is 2.62. The van der Waals surface area contributed by atoms with Crippen LogP contribution in [0.4, 0.5) is 14.6 Å². The lowest BCUT2D eigenvalue weighted by Crippen LogP contribution is -2.49. The molecule has 4 rings (SSSR count). The van der Waals surface area contributed by atoms with Crippen LogP contribution in [0.5, 0.6) is 5.75 Å². The molecule has 0 fully saturated rings. The topological polar surface area (TPSA) is 97.3 Å². The summed E-state index contributed by atoms with van der Waals surface area (Å²) in [5, 5.41) is 2.62. The number of halogens is 3. The van der Waals surface area contributed by atoms with E-state index in [9.17, 15) is 18.4 Å². The summed E-state index contributed by atoms with van der Waals surface area (Å²) >= 11 is 6.11. The molecule has 3 aromatic rings. The summed E-state index contributed by atoms with van der Waals surface area (Å²) in [5.74, 6) is -2.48. The van der Waals surface area contributed by atoms with Gasteiger partial charge >= 0.3 is 0 Å². The molecule has 1 aliphatic rings. The molecule has 0 radical (unpaired) electrons. The van der Waals surface area contributed by atoms with Gasteiger partial charge in [0.1, 0.15) is 24.3 Å². The summed E-state index contributed by atoms with van der Waals surface area (Å²) in [4.78, 5) is 38.5. The summed E-state index contributed by atoms with van der Waals surface area (Å²) in [6.07, 6.45) is 2.17. The van der Waals surface area contributed by atoms with Crippen molar-refractivity contribution in [2.45, 2.75) is 6.04 Å². The van der Waals surface area contributed by atoms with Crippen molar-refractivity contribution in [3.05, 3.63) is 65.2 Å². The summed E-state index contributed by atoms with van der Waals surface area (Å²) in [6.45, 7) is -0.253. The molecule has 1 aliphatic heterocycles. The first-order valence-electron chi connectivity index (χ1n) is 8.98. The zero-order chi connectivity index (χ0) is 22.1. The number of likely N-dealkylation sites (N-methyl/N-ethyl adjacent to an activating group) is 1. The van der Waals surface area contributed by atoms with E-state index in [-0.39, 0.29) is 34.7 Å². The number of fused-ring (bicyclic) bond motifs is 1. The minimum Gasteiger partial charge on any atom is -0.487 e. The monoisotopic (exact) mass is 445 g/mol. The fourth-order valence-electron chi connectivity index (χ4n) is 3.00. The number of nitrogens with one attached hydrogen (secondary N) is 1. The molecule has 8 nitrogen and oxygen atoms in total. The van der Waals surface area contributed by atoms with Gasteiger partial charge < -0.3 is 10.1 Å². The van der Waals surface area contributed by atoms with Crippen LogP contribution in [-0.2, 0) is 4.79 Å². The maximum Gasteiger partial charge on any atom is 0.289 e. The number of benzene rings is 1. The standard InChI is InChI=1S/C20H14ClF2N5O3/c1-28-18-15(6-12(23)7-25-18)31-9-14(20(28)30)26-19(29)17-24-8-13(21)16(27-17)10-3-2-4-11(22)5-10/h2-8,14H,9H2,1H3,(H,26,29). The molecule has 2 aromatic heterocycles. The Bertz CT molecular complexity index is 1190. The van der Waals surface area contributed by atoms with Crippen LogP contribution in [0.25, 0.3) is 11.3 Å². The van der Waals surface area contributed by atoms with Crippen LogP contribution in [0.2, 0.25) is 5.02 Å².